The molecule has 1 N–H and O–H groups in total. The van der Waals surface area contributed by atoms with Crippen molar-refractivity contribution in [3.63, 3.8) is 0 Å². The average molecular weight is 246 g/mol. The average Bonchev–Trinajstić information content (AvgIpc) is 2.30. The molecule has 0 aliphatic carbocycles. The van der Waals surface area contributed by atoms with Crippen LogP contribution in [0.3, 0.4) is 0 Å². The fourth-order valence-electron chi connectivity index (χ4n) is 2.18. The summed E-state index contributed by atoms with van der Waals surface area (Å²) < 4.78 is 10.6. The first-order valence-corrected chi connectivity index (χ1v) is 6.65. The van der Waals surface area contributed by atoms with Crippen LogP contribution in [0.25, 0.3) is 0 Å². The lowest BCUT2D eigenvalue weighted by Gasteiger charge is -2.35. The summed E-state index contributed by atoms with van der Waals surface area (Å²) in [5.74, 6) is 0. The van der Waals surface area contributed by atoms with E-state index in [4.69, 9.17) is 9.47 Å². The maximum Gasteiger partial charge on any atom is 0.0630 e. The molecule has 0 saturated heterocycles. The first-order chi connectivity index (χ1) is 8.21. The molecule has 0 aliphatic heterocycles. The molecule has 4 nitrogen and oxygen atoms in total. The molecule has 0 aromatic carbocycles. The van der Waals surface area contributed by atoms with Crippen molar-refractivity contribution in [2.45, 2.75) is 39.3 Å². The largest absolute Gasteiger partial charge is 0.383 e. The van der Waals surface area contributed by atoms with Crippen molar-refractivity contribution in [3.8, 4) is 0 Å². The normalized spacial score (nSPS) is 15.2. The van der Waals surface area contributed by atoms with Crippen LogP contribution in [0.4, 0.5) is 0 Å². The van der Waals surface area contributed by atoms with Crippen LogP contribution in [0.5, 0.6) is 0 Å². The van der Waals surface area contributed by atoms with Gasteiger partial charge in [0.15, 0.2) is 0 Å². The third-order valence-electron chi connectivity index (χ3n) is 2.97. The van der Waals surface area contributed by atoms with E-state index in [0.717, 1.165) is 32.8 Å². The van der Waals surface area contributed by atoms with Crippen molar-refractivity contribution in [1.82, 2.24) is 10.2 Å². The van der Waals surface area contributed by atoms with Crippen molar-refractivity contribution in [3.05, 3.63) is 0 Å². The molecule has 0 heterocycles. The summed E-state index contributed by atoms with van der Waals surface area (Å²) in [6.07, 6.45) is 1.17. The van der Waals surface area contributed by atoms with Crippen molar-refractivity contribution in [2.75, 3.05) is 47.1 Å². The molecule has 0 bridgehead atoms. The molecule has 2 atom stereocenters. The number of likely N-dealkylation sites (N-methyl/N-ethyl adjacent to an activating group) is 1. The minimum Gasteiger partial charge on any atom is -0.383 e. The van der Waals surface area contributed by atoms with E-state index >= 15 is 0 Å². The standard InChI is InChI=1S/C13H30N2O2/c1-6-8-14-9-13(11-17-5)15(7-2)12(3)10-16-4/h12-14H,6-11H2,1-5H3. The zero-order chi connectivity index (χ0) is 13.1. The highest BCUT2D eigenvalue weighted by Crippen LogP contribution is 2.06. The Morgan fingerprint density at radius 1 is 1.12 bits per heavy atom. The highest BCUT2D eigenvalue weighted by molar-refractivity contribution is 4.77. The number of nitrogens with zero attached hydrogens (tertiary/aromatic N) is 1. The van der Waals surface area contributed by atoms with Crippen LogP contribution in [0.2, 0.25) is 0 Å². The number of nitrogens with one attached hydrogen (secondary N) is 1. The first-order valence-electron chi connectivity index (χ1n) is 6.65. The van der Waals surface area contributed by atoms with Crippen LogP contribution in [-0.4, -0.2) is 64.1 Å². The Morgan fingerprint density at radius 3 is 2.24 bits per heavy atom. The van der Waals surface area contributed by atoms with Gasteiger partial charge in [0, 0.05) is 32.8 Å². The van der Waals surface area contributed by atoms with Crippen molar-refractivity contribution in [1.29, 1.82) is 0 Å². The molecule has 0 fully saturated rings. The van der Waals surface area contributed by atoms with Crippen LogP contribution >= 0.6 is 0 Å². The maximum absolute atomic E-state index is 5.32. The van der Waals surface area contributed by atoms with Crippen LogP contribution in [0.1, 0.15) is 27.2 Å². The van der Waals surface area contributed by atoms with E-state index in [-0.39, 0.29) is 0 Å². The van der Waals surface area contributed by atoms with E-state index < -0.39 is 0 Å². The van der Waals surface area contributed by atoms with E-state index in [1.165, 1.54) is 6.42 Å². The van der Waals surface area contributed by atoms with Crippen molar-refractivity contribution >= 4 is 0 Å². The fraction of sp³-hybridized carbons (Fsp3) is 1.00. The SMILES string of the molecule is CCCNCC(COC)N(CC)C(C)COC. The molecule has 0 spiro atoms. The van der Waals surface area contributed by atoms with E-state index in [1.807, 2.05) is 0 Å². The molecule has 17 heavy (non-hydrogen) atoms. The molecule has 4 heteroatoms. The zero-order valence-electron chi connectivity index (χ0n) is 12.2. The molecule has 104 valence electrons. The number of ether oxygens (including phenoxy) is 2. The summed E-state index contributed by atoms with van der Waals surface area (Å²) in [6, 6.07) is 0.843. The van der Waals surface area contributed by atoms with Crippen molar-refractivity contribution in [2.24, 2.45) is 0 Å². The van der Waals surface area contributed by atoms with Crippen molar-refractivity contribution < 1.29 is 9.47 Å². The van der Waals surface area contributed by atoms with Gasteiger partial charge < -0.3 is 14.8 Å². The fourth-order valence-corrected chi connectivity index (χ4v) is 2.18. The van der Waals surface area contributed by atoms with Crippen LogP contribution in [0, 0.1) is 0 Å². The lowest BCUT2D eigenvalue weighted by molar-refractivity contribution is 0.0361. The van der Waals surface area contributed by atoms with Gasteiger partial charge in [0.1, 0.15) is 0 Å². The summed E-state index contributed by atoms with van der Waals surface area (Å²) >= 11 is 0. The molecule has 0 amide bonds. The van der Waals surface area contributed by atoms with Gasteiger partial charge in [0.25, 0.3) is 0 Å². The minimum atomic E-state index is 0.418. The Hall–Kier alpha value is -0.160. The Balaban J connectivity index is 4.28. The minimum absolute atomic E-state index is 0.418. The van der Waals surface area contributed by atoms with Gasteiger partial charge in [-0.25, -0.2) is 0 Å². The molecule has 0 radical (unpaired) electrons. The second kappa shape index (κ2) is 11.0. The Bertz CT molecular complexity index is 167. The van der Waals surface area contributed by atoms with Gasteiger partial charge >= 0.3 is 0 Å². The number of hydrogen-bond donors (Lipinski definition) is 1. The number of rotatable bonds is 11. The third kappa shape index (κ3) is 6.99. The Morgan fingerprint density at radius 2 is 1.76 bits per heavy atom. The van der Waals surface area contributed by atoms with Gasteiger partial charge in [-0.1, -0.05) is 13.8 Å². The van der Waals surface area contributed by atoms with Gasteiger partial charge in [-0.05, 0) is 26.4 Å². The molecule has 2 unspecified atom stereocenters. The molecule has 0 aromatic rings. The number of hydrogen-bond acceptors (Lipinski definition) is 4. The molecular weight excluding hydrogens is 216 g/mol. The first kappa shape index (κ1) is 16.8. The topological polar surface area (TPSA) is 33.7 Å². The van der Waals surface area contributed by atoms with E-state index in [2.05, 4.69) is 31.0 Å². The summed E-state index contributed by atoms with van der Waals surface area (Å²) in [5.41, 5.74) is 0. The van der Waals surface area contributed by atoms with E-state index in [9.17, 15) is 0 Å². The van der Waals surface area contributed by atoms with Gasteiger partial charge in [0.2, 0.25) is 0 Å². The zero-order valence-corrected chi connectivity index (χ0v) is 12.2. The van der Waals surface area contributed by atoms with E-state index in [0.29, 0.717) is 12.1 Å². The summed E-state index contributed by atoms with van der Waals surface area (Å²) in [6.45, 7) is 11.2. The van der Waals surface area contributed by atoms with E-state index in [1.54, 1.807) is 14.2 Å². The maximum atomic E-state index is 5.32. The molecule has 0 rings (SSSR count). The molecule has 0 aliphatic rings. The highest BCUT2D eigenvalue weighted by Gasteiger charge is 2.21. The Labute approximate surface area is 107 Å². The monoisotopic (exact) mass is 246 g/mol. The molecule has 0 saturated carbocycles. The predicted molar refractivity (Wildman–Crippen MR) is 72.5 cm³/mol. The lowest BCUT2D eigenvalue weighted by atomic mass is 10.2. The number of methoxy groups -OCH3 is 2. The van der Waals surface area contributed by atoms with Crippen LogP contribution in [-0.2, 0) is 9.47 Å². The quantitative estimate of drug-likeness (QED) is 0.558. The van der Waals surface area contributed by atoms with Gasteiger partial charge in [0.05, 0.1) is 13.2 Å². The summed E-state index contributed by atoms with van der Waals surface area (Å²) in [7, 11) is 3.52. The summed E-state index contributed by atoms with van der Waals surface area (Å²) in [4.78, 5) is 2.44. The van der Waals surface area contributed by atoms with Crippen LogP contribution in [0.15, 0.2) is 0 Å². The Kier molecular flexibility index (Phi) is 10.9. The van der Waals surface area contributed by atoms with Gasteiger partial charge in [-0.15, -0.1) is 0 Å². The molecular formula is C13H30N2O2. The molecule has 0 aromatic heterocycles. The third-order valence-corrected chi connectivity index (χ3v) is 2.97. The van der Waals surface area contributed by atoms with Crippen LogP contribution < -0.4 is 5.32 Å². The second-order valence-corrected chi connectivity index (χ2v) is 4.45. The summed E-state index contributed by atoms with van der Waals surface area (Å²) in [5, 5.41) is 3.47. The lowest BCUT2D eigenvalue weighted by Crippen LogP contribution is -2.50. The highest BCUT2D eigenvalue weighted by atomic mass is 16.5. The van der Waals surface area contributed by atoms with Gasteiger partial charge in [-0.2, -0.15) is 0 Å². The van der Waals surface area contributed by atoms with Gasteiger partial charge in [-0.3, -0.25) is 4.90 Å². The second-order valence-electron chi connectivity index (χ2n) is 4.45. The predicted octanol–water partition coefficient (Wildman–Crippen LogP) is 1.36. The smallest absolute Gasteiger partial charge is 0.0630 e.